The van der Waals surface area contributed by atoms with Crippen LogP contribution in [0.3, 0.4) is 0 Å². The molecule has 0 aliphatic heterocycles. The van der Waals surface area contributed by atoms with Crippen molar-refractivity contribution in [3.63, 3.8) is 0 Å². The lowest BCUT2D eigenvalue weighted by atomic mass is 10.2. The molecule has 1 amide bonds. The molecule has 3 aromatic rings. The van der Waals surface area contributed by atoms with Crippen molar-refractivity contribution in [1.82, 2.24) is 20.2 Å². The quantitative estimate of drug-likeness (QED) is 0.788. The summed E-state index contributed by atoms with van der Waals surface area (Å²) in [5.74, 6) is -0.560. The number of carbonyl (C=O) groups excluding carboxylic acids is 1. The van der Waals surface area contributed by atoms with Crippen LogP contribution in [0.2, 0.25) is 5.02 Å². The van der Waals surface area contributed by atoms with Gasteiger partial charge in [-0.3, -0.25) is 4.79 Å². The van der Waals surface area contributed by atoms with Crippen LogP contribution >= 0.6 is 11.6 Å². The number of hydrogen-bond donors (Lipinski definition) is 1. The zero-order valence-corrected chi connectivity index (χ0v) is 13.5. The zero-order valence-electron chi connectivity index (χ0n) is 12.7. The number of rotatable bonds is 4. The summed E-state index contributed by atoms with van der Waals surface area (Å²) in [5.41, 5.74) is 1.62. The Morgan fingerprint density at radius 1 is 1.25 bits per heavy atom. The Labute approximate surface area is 142 Å². The number of halogens is 2. The Kier molecular flexibility index (Phi) is 4.52. The topological polar surface area (TPSA) is 72.7 Å². The molecule has 3 rings (SSSR count). The molecular weight excluding hydrogens is 333 g/mol. The maximum Gasteiger partial charge on any atom is 0.248 e. The van der Waals surface area contributed by atoms with Gasteiger partial charge in [0, 0.05) is 10.6 Å². The molecule has 122 valence electrons. The second-order valence-corrected chi connectivity index (χ2v) is 5.62. The molecule has 1 heterocycles. The molecular formula is C16H13ClFN5O. The monoisotopic (exact) mass is 345 g/mol. The van der Waals surface area contributed by atoms with Crippen molar-refractivity contribution < 1.29 is 9.18 Å². The van der Waals surface area contributed by atoms with Gasteiger partial charge in [-0.25, -0.2) is 4.39 Å². The number of aryl methyl sites for hydroxylation is 1. The summed E-state index contributed by atoms with van der Waals surface area (Å²) in [5, 5.41) is 14.9. The molecule has 0 aliphatic rings. The minimum Gasteiger partial charge on any atom is -0.322 e. The van der Waals surface area contributed by atoms with E-state index >= 15 is 0 Å². The number of aromatic nitrogens is 4. The van der Waals surface area contributed by atoms with Crippen LogP contribution in [0.15, 0.2) is 42.5 Å². The van der Waals surface area contributed by atoms with Crippen molar-refractivity contribution in [2.24, 2.45) is 0 Å². The first-order valence-electron chi connectivity index (χ1n) is 7.11. The van der Waals surface area contributed by atoms with Crippen molar-refractivity contribution >= 4 is 23.2 Å². The standard InChI is InChI=1S/C16H13ClFN5O/c1-10-2-7-14(13(18)8-10)19-15(24)9-23-21-16(20-22-23)11-3-5-12(17)6-4-11/h2-8H,9H2,1H3,(H,19,24). The molecule has 0 radical (unpaired) electrons. The number of benzene rings is 2. The molecule has 1 N–H and O–H groups in total. The summed E-state index contributed by atoms with van der Waals surface area (Å²) in [6.45, 7) is 1.60. The highest BCUT2D eigenvalue weighted by Crippen LogP contribution is 2.17. The highest BCUT2D eigenvalue weighted by Gasteiger charge is 2.11. The van der Waals surface area contributed by atoms with Gasteiger partial charge in [0.05, 0.1) is 5.69 Å². The Bertz CT molecular complexity index is 878. The van der Waals surface area contributed by atoms with Crippen molar-refractivity contribution in [2.45, 2.75) is 13.5 Å². The third kappa shape index (κ3) is 3.75. The number of hydrogen-bond acceptors (Lipinski definition) is 4. The normalized spacial score (nSPS) is 10.6. The lowest BCUT2D eigenvalue weighted by Crippen LogP contribution is -2.21. The number of amides is 1. The molecule has 0 fully saturated rings. The minimum atomic E-state index is -0.489. The number of carbonyl (C=O) groups is 1. The summed E-state index contributed by atoms with van der Waals surface area (Å²) in [4.78, 5) is 13.1. The van der Waals surface area contributed by atoms with E-state index in [4.69, 9.17) is 11.6 Å². The molecule has 24 heavy (non-hydrogen) atoms. The van der Waals surface area contributed by atoms with Crippen LogP contribution in [0.1, 0.15) is 5.56 Å². The summed E-state index contributed by atoms with van der Waals surface area (Å²) in [6.07, 6.45) is 0. The molecule has 0 unspecified atom stereocenters. The highest BCUT2D eigenvalue weighted by molar-refractivity contribution is 6.30. The number of nitrogens with one attached hydrogen (secondary N) is 1. The number of anilines is 1. The SMILES string of the molecule is Cc1ccc(NC(=O)Cn2nnc(-c3ccc(Cl)cc3)n2)c(F)c1. The van der Waals surface area contributed by atoms with Crippen molar-refractivity contribution in [3.05, 3.63) is 58.9 Å². The smallest absolute Gasteiger partial charge is 0.248 e. The Morgan fingerprint density at radius 2 is 2.00 bits per heavy atom. The predicted octanol–water partition coefficient (Wildman–Crippen LogP) is 3.08. The summed E-state index contributed by atoms with van der Waals surface area (Å²) < 4.78 is 13.7. The van der Waals surface area contributed by atoms with E-state index < -0.39 is 11.7 Å². The summed E-state index contributed by atoms with van der Waals surface area (Å²) in [7, 11) is 0. The number of tetrazole rings is 1. The highest BCUT2D eigenvalue weighted by atomic mass is 35.5. The molecule has 0 saturated carbocycles. The Hall–Kier alpha value is -2.80. The van der Waals surface area contributed by atoms with Crippen LogP contribution in [0, 0.1) is 12.7 Å². The van der Waals surface area contributed by atoms with Gasteiger partial charge >= 0.3 is 0 Å². The van der Waals surface area contributed by atoms with Crippen molar-refractivity contribution in [3.8, 4) is 11.4 Å². The molecule has 8 heteroatoms. The molecule has 0 saturated heterocycles. The lowest BCUT2D eigenvalue weighted by Gasteiger charge is -2.06. The molecule has 6 nitrogen and oxygen atoms in total. The van der Waals surface area contributed by atoms with E-state index in [0.717, 1.165) is 15.9 Å². The molecule has 0 spiro atoms. The van der Waals surface area contributed by atoms with Crippen molar-refractivity contribution in [1.29, 1.82) is 0 Å². The first kappa shape index (κ1) is 16.1. The van der Waals surface area contributed by atoms with E-state index in [1.165, 1.54) is 12.1 Å². The lowest BCUT2D eigenvalue weighted by molar-refractivity contribution is -0.117. The molecule has 0 aliphatic carbocycles. The largest absolute Gasteiger partial charge is 0.322 e. The second kappa shape index (κ2) is 6.76. The minimum absolute atomic E-state index is 0.114. The van der Waals surface area contributed by atoms with E-state index in [-0.39, 0.29) is 12.2 Å². The van der Waals surface area contributed by atoms with Gasteiger partial charge in [0.25, 0.3) is 0 Å². The first-order valence-corrected chi connectivity index (χ1v) is 7.49. The van der Waals surface area contributed by atoms with Gasteiger partial charge in [0.2, 0.25) is 11.7 Å². The van der Waals surface area contributed by atoms with Crippen LogP contribution in [-0.2, 0) is 11.3 Å². The average Bonchev–Trinajstić information content (AvgIpc) is 2.99. The van der Waals surface area contributed by atoms with Crippen LogP contribution in [0.5, 0.6) is 0 Å². The fourth-order valence-corrected chi connectivity index (χ4v) is 2.19. The van der Waals surface area contributed by atoms with E-state index in [0.29, 0.717) is 10.8 Å². The van der Waals surface area contributed by atoms with Gasteiger partial charge in [0.1, 0.15) is 12.4 Å². The van der Waals surface area contributed by atoms with Crippen LogP contribution in [-0.4, -0.2) is 26.1 Å². The average molecular weight is 346 g/mol. The maximum atomic E-state index is 13.7. The second-order valence-electron chi connectivity index (χ2n) is 5.18. The maximum absolute atomic E-state index is 13.7. The third-order valence-corrected chi connectivity index (χ3v) is 3.49. The first-order chi connectivity index (χ1) is 11.5. The van der Waals surface area contributed by atoms with Crippen LogP contribution in [0.25, 0.3) is 11.4 Å². The predicted molar refractivity (Wildman–Crippen MR) is 88.0 cm³/mol. The van der Waals surface area contributed by atoms with Crippen molar-refractivity contribution in [2.75, 3.05) is 5.32 Å². The molecule has 2 aromatic carbocycles. The fourth-order valence-electron chi connectivity index (χ4n) is 2.06. The van der Waals surface area contributed by atoms with Gasteiger partial charge in [-0.05, 0) is 54.1 Å². The van der Waals surface area contributed by atoms with E-state index in [1.54, 1.807) is 37.3 Å². The zero-order chi connectivity index (χ0) is 17.1. The van der Waals surface area contributed by atoms with E-state index in [1.807, 2.05) is 0 Å². The van der Waals surface area contributed by atoms with Gasteiger partial charge in [-0.1, -0.05) is 17.7 Å². The fraction of sp³-hybridized carbons (Fsp3) is 0.125. The molecule has 0 atom stereocenters. The van der Waals surface area contributed by atoms with Gasteiger partial charge in [0.15, 0.2) is 0 Å². The Morgan fingerprint density at radius 3 is 2.71 bits per heavy atom. The van der Waals surface area contributed by atoms with Gasteiger partial charge in [-0.2, -0.15) is 4.80 Å². The molecule has 1 aromatic heterocycles. The molecule has 0 bridgehead atoms. The van der Waals surface area contributed by atoms with E-state index in [2.05, 4.69) is 20.7 Å². The summed E-state index contributed by atoms with van der Waals surface area (Å²) >= 11 is 5.83. The summed E-state index contributed by atoms with van der Waals surface area (Å²) in [6, 6.07) is 11.5. The number of nitrogens with zero attached hydrogens (tertiary/aromatic N) is 4. The Balaban J connectivity index is 1.68. The van der Waals surface area contributed by atoms with Gasteiger partial charge in [-0.15, -0.1) is 10.2 Å². The van der Waals surface area contributed by atoms with Crippen LogP contribution < -0.4 is 5.32 Å². The van der Waals surface area contributed by atoms with Crippen LogP contribution in [0.4, 0.5) is 10.1 Å². The van der Waals surface area contributed by atoms with Gasteiger partial charge < -0.3 is 5.32 Å². The third-order valence-electron chi connectivity index (χ3n) is 3.24. The van der Waals surface area contributed by atoms with E-state index in [9.17, 15) is 9.18 Å².